The van der Waals surface area contributed by atoms with E-state index in [9.17, 15) is 8.42 Å². The van der Waals surface area contributed by atoms with Crippen LogP contribution in [0.5, 0.6) is 0 Å². The van der Waals surface area contributed by atoms with Gasteiger partial charge >= 0.3 is 0 Å². The summed E-state index contributed by atoms with van der Waals surface area (Å²) in [5.74, 6) is 0.703. The lowest BCUT2D eigenvalue weighted by Gasteiger charge is -2.11. The Balaban J connectivity index is 1.86. The van der Waals surface area contributed by atoms with Crippen LogP contribution in [0.1, 0.15) is 19.3 Å². The number of nitrogens with two attached hydrogens (primary N) is 1. The highest BCUT2D eigenvalue weighted by Crippen LogP contribution is 2.31. The summed E-state index contributed by atoms with van der Waals surface area (Å²) in [6.45, 7) is 1.57. The Morgan fingerprint density at radius 1 is 1.33 bits per heavy atom. The summed E-state index contributed by atoms with van der Waals surface area (Å²) < 4.78 is 32.3. The van der Waals surface area contributed by atoms with E-state index >= 15 is 0 Å². The SMILES string of the molecule is Nc1cc(Cl)cc(Cl)c1S(=O)(=O)NCCCOCC1CC1. The highest BCUT2D eigenvalue weighted by atomic mass is 35.5. The van der Waals surface area contributed by atoms with E-state index in [0.717, 1.165) is 6.61 Å². The van der Waals surface area contributed by atoms with Gasteiger partial charge in [-0.2, -0.15) is 0 Å². The zero-order chi connectivity index (χ0) is 15.5. The second-order valence-electron chi connectivity index (χ2n) is 5.08. The van der Waals surface area contributed by atoms with Crippen molar-refractivity contribution < 1.29 is 13.2 Å². The van der Waals surface area contributed by atoms with Crippen molar-refractivity contribution in [2.75, 3.05) is 25.5 Å². The molecule has 0 atom stereocenters. The minimum Gasteiger partial charge on any atom is -0.398 e. The van der Waals surface area contributed by atoms with E-state index in [1.165, 1.54) is 25.0 Å². The van der Waals surface area contributed by atoms with Crippen LogP contribution in [0, 0.1) is 5.92 Å². The smallest absolute Gasteiger partial charge is 0.244 e. The van der Waals surface area contributed by atoms with Gasteiger partial charge in [0.2, 0.25) is 10.0 Å². The summed E-state index contributed by atoms with van der Waals surface area (Å²) in [6.07, 6.45) is 3.07. The van der Waals surface area contributed by atoms with Crippen LogP contribution in [0.15, 0.2) is 17.0 Å². The first-order chi connectivity index (χ1) is 9.90. The lowest BCUT2D eigenvalue weighted by Crippen LogP contribution is -2.26. The van der Waals surface area contributed by atoms with Crippen molar-refractivity contribution in [2.24, 2.45) is 5.92 Å². The van der Waals surface area contributed by atoms with Gasteiger partial charge in [0.15, 0.2) is 0 Å². The van der Waals surface area contributed by atoms with E-state index in [4.69, 9.17) is 33.7 Å². The lowest BCUT2D eigenvalue weighted by atomic mass is 10.3. The third-order valence-electron chi connectivity index (χ3n) is 3.11. The van der Waals surface area contributed by atoms with Crippen LogP contribution >= 0.6 is 23.2 Å². The number of hydrogen-bond acceptors (Lipinski definition) is 4. The standard InChI is InChI=1S/C13H18Cl2N2O3S/c14-10-6-11(15)13(12(16)7-10)21(18,19)17-4-1-5-20-8-9-2-3-9/h6-7,9,17H,1-5,8,16H2. The van der Waals surface area contributed by atoms with Crippen LogP contribution in [0.25, 0.3) is 0 Å². The molecule has 5 nitrogen and oxygen atoms in total. The van der Waals surface area contributed by atoms with Crippen LogP contribution in [-0.4, -0.2) is 28.2 Å². The molecule has 0 radical (unpaired) electrons. The Kier molecular flexibility index (Phi) is 5.73. The molecule has 0 heterocycles. The molecule has 21 heavy (non-hydrogen) atoms. The van der Waals surface area contributed by atoms with Gasteiger partial charge in [-0.3, -0.25) is 0 Å². The largest absolute Gasteiger partial charge is 0.398 e. The van der Waals surface area contributed by atoms with Gasteiger partial charge in [0, 0.05) is 24.8 Å². The first kappa shape index (κ1) is 16.8. The topological polar surface area (TPSA) is 81.4 Å². The third-order valence-corrected chi connectivity index (χ3v) is 5.32. The van der Waals surface area contributed by atoms with Gasteiger partial charge in [0.25, 0.3) is 0 Å². The number of benzene rings is 1. The van der Waals surface area contributed by atoms with E-state index in [1.54, 1.807) is 0 Å². The predicted molar refractivity (Wildman–Crippen MR) is 84.2 cm³/mol. The fourth-order valence-corrected chi connectivity index (χ4v) is 3.91. The molecule has 1 aromatic carbocycles. The van der Waals surface area contributed by atoms with Crippen LogP contribution in [-0.2, 0) is 14.8 Å². The maximum absolute atomic E-state index is 12.2. The first-order valence-corrected chi connectivity index (χ1v) is 8.96. The number of anilines is 1. The molecule has 0 aliphatic heterocycles. The molecule has 1 aromatic rings. The minimum atomic E-state index is -3.75. The zero-order valence-electron chi connectivity index (χ0n) is 11.4. The van der Waals surface area contributed by atoms with E-state index in [2.05, 4.69) is 4.72 Å². The van der Waals surface area contributed by atoms with Crippen molar-refractivity contribution >= 4 is 38.9 Å². The Hall–Kier alpha value is -0.530. The number of halogens is 2. The average molecular weight is 353 g/mol. The van der Waals surface area contributed by atoms with E-state index in [1.807, 2.05) is 0 Å². The maximum Gasteiger partial charge on any atom is 0.244 e. The van der Waals surface area contributed by atoms with Crippen molar-refractivity contribution in [3.05, 3.63) is 22.2 Å². The summed E-state index contributed by atoms with van der Waals surface area (Å²) in [6, 6.07) is 2.72. The van der Waals surface area contributed by atoms with Crippen molar-refractivity contribution in [1.82, 2.24) is 4.72 Å². The predicted octanol–water partition coefficient (Wildman–Crippen LogP) is 2.67. The van der Waals surface area contributed by atoms with Gasteiger partial charge in [-0.05, 0) is 37.3 Å². The first-order valence-electron chi connectivity index (χ1n) is 6.72. The van der Waals surface area contributed by atoms with Crippen molar-refractivity contribution in [3.8, 4) is 0 Å². The van der Waals surface area contributed by atoms with Crippen LogP contribution in [0.3, 0.4) is 0 Å². The summed E-state index contributed by atoms with van der Waals surface area (Å²) in [4.78, 5) is -0.132. The molecule has 1 aliphatic rings. The minimum absolute atomic E-state index is 0.0116. The van der Waals surface area contributed by atoms with E-state index in [0.29, 0.717) is 24.0 Å². The molecule has 1 saturated carbocycles. The molecule has 8 heteroatoms. The molecule has 0 spiro atoms. The second-order valence-corrected chi connectivity index (χ2v) is 7.62. The summed E-state index contributed by atoms with van der Waals surface area (Å²) in [5.41, 5.74) is 5.72. The Morgan fingerprint density at radius 3 is 2.67 bits per heavy atom. The Bertz CT molecular complexity index is 580. The van der Waals surface area contributed by atoms with E-state index < -0.39 is 10.0 Å². The third kappa shape index (κ3) is 5.00. The number of hydrogen-bond donors (Lipinski definition) is 2. The molecule has 1 aliphatic carbocycles. The molecule has 0 aromatic heterocycles. The van der Waals surface area contributed by atoms with E-state index in [-0.39, 0.29) is 22.2 Å². The maximum atomic E-state index is 12.2. The van der Waals surface area contributed by atoms with Crippen LogP contribution in [0.2, 0.25) is 10.0 Å². The fourth-order valence-electron chi connectivity index (χ4n) is 1.85. The Morgan fingerprint density at radius 2 is 2.05 bits per heavy atom. The average Bonchev–Trinajstić information content (AvgIpc) is 3.15. The molecule has 118 valence electrons. The van der Waals surface area contributed by atoms with Gasteiger partial charge in [0.1, 0.15) is 4.90 Å². The molecule has 2 rings (SSSR count). The lowest BCUT2D eigenvalue weighted by molar-refractivity contribution is 0.123. The monoisotopic (exact) mass is 352 g/mol. The molecule has 0 bridgehead atoms. The highest BCUT2D eigenvalue weighted by Gasteiger charge is 2.22. The normalized spacial score (nSPS) is 15.3. The fraction of sp³-hybridized carbons (Fsp3) is 0.538. The molecule has 0 amide bonds. The Labute approximate surface area is 134 Å². The zero-order valence-corrected chi connectivity index (χ0v) is 13.8. The van der Waals surface area contributed by atoms with Gasteiger partial charge in [-0.15, -0.1) is 0 Å². The number of sulfonamides is 1. The summed E-state index contributed by atoms with van der Waals surface area (Å²) >= 11 is 11.7. The molecular weight excluding hydrogens is 335 g/mol. The molecule has 1 fully saturated rings. The number of ether oxygens (including phenoxy) is 1. The summed E-state index contributed by atoms with van der Waals surface area (Å²) in [7, 11) is -3.75. The van der Waals surface area contributed by atoms with Crippen molar-refractivity contribution in [1.29, 1.82) is 0 Å². The van der Waals surface area contributed by atoms with Crippen molar-refractivity contribution in [2.45, 2.75) is 24.2 Å². The highest BCUT2D eigenvalue weighted by molar-refractivity contribution is 7.89. The van der Waals surface area contributed by atoms with Gasteiger partial charge in [-0.25, -0.2) is 13.1 Å². The second kappa shape index (κ2) is 7.15. The van der Waals surface area contributed by atoms with Gasteiger partial charge in [-0.1, -0.05) is 23.2 Å². The quantitative estimate of drug-likeness (QED) is 0.556. The molecular formula is C13H18Cl2N2O3S. The van der Waals surface area contributed by atoms with Crippen molar-refractivity contribution in [3.63, 3.8) is 0 Å². The molecule has 3 N–H and O–H groups in total. The number of nitrogens with one attached hydrogen (secondary N) is 1. The molecule has 0 saturated heterocycles. The van der Waals surface area contributed by atoms with Gasteiger partial charge in [0.05, 0.1) is 10.7 Å². The van der Waals surface area contributed by atoms with Gasteiger partial charge < -0.3 is 10.5 Å². The van der Waals surface area contributed by atoms with Crippen LogP contribution in [0.4, 0.5) is 5.69 Å². The number of nitrogen functional groups attached to an aromatic ring is 1. The number of rotatable bonds is 8. The molecule has 0 unspecified atom stereocenters. The summed E-state index contributed by atoms with van der Waals surface area (Å²) in [5, 5.41) is 0.308. The van der Waals surface area contributed by atoms with Crippen LogP contribution < -0.4 is 10.5 Å².